The second-order valence-corrected chi connectivity index (χ2v) is 10.8. The molecular formula is C28H37N3O8. The molecule has 11 nitrogen and oxygen atoms in total. The maximum Gasteiger partial charge on any atom is 0.255 e. The third-order valence-electron chi connectivity index (χ3n) is 8.33. The SMILES string of the molecule is CCCN(CC)Cc1cc(O)c2c(c1OC)C[C@H]1C[C@H]3[C@H](N(C)C)C(O)=C(C(N)=O)C(=O)[C@@]3(O)C(O)=C1C2=O. The molecule has 11 heteroatoms. The Labute approximate surface area is 227 Å². The summed E-state index contributed by atoms with van der Waals surface area (Å²) < 4.78 is 5.76. The molecule has 3 aliphatic rings. The summed E-state index contributed by atoms with van der Waals surface area (Å²) in [5.74, 6) is -6.29. The lowest BCUT2D eigenvalue weighted by atomic mass is 9.58. The number of primary amides is 1. The quantitative estimate of drug-likeness (QED) is 0.301. The number of phenols is 1. The van der Waals surface area contributed by atoms with Gasteiger partial charge in [0, 0.05) is 29.2 Å². The fourth-order valence-electron chi connectivity index (χ4n) is 6.64. The van der Waals surface area contributed by atoms with E-state index in [1.165, 1.54) is 18.1 Å². The standard InChI is InChI=1S/C28H37N3O8/c1-6-8-31(7-2)12-14-11-17(32)19-15(24(14)39-5)9-13-10-16-21(30(3)4)23(34)20(27(29)37)26(36)28(16,38)25(35)18(13)22(19)33/h11,13,16,21,32,34-35,38H,6-10,12H2,1-5H3,(H2,29,37)/t13-,16-,21-,28-/m0/s1. The lowest BCUT2D eigenvalue weighted by molar-refractivity contribution is -0.148. The predicted octanol–water partition coefficient (Wildman–Crippen LogP) is 1.36. The van der Waals surface area contributed by atoms with Crippen molar-refractivity contribution in [3.8, 4) is 11.5 Å². The van der Waals surface area contributed by atoms with Crippen LogP contribution in [0.4, 0.5) is 0 Å². The van der Waals surface area contributed by atoms with Crippen molar-refractivity contribution in [3.05, 3.63) is 45.4 Å². The van der Waals surface area contributed by atoms with Crippen molar-refractivity contribution < 1.29 is 39.5 Å². The number of ether oxygens (including phenoxy) is 1. The number of amides is 1. The molecule has 3 aliphatic carbocycles. The lowest BCUT2D eigenvalue weighted by Gasteiger charge is -2.50. The summed E-state index contributed by atoms with van der Waals surface area (Å²) in [6, 6.07) is 0.440. The van der Waals surface area contributed by atoms with E-state index in [0.717, 1.165) is 19.5 Å². The number of fused-ring (bicyclic) bond motifs is 3. The lowest BCUT2D eigenvalue weighted by Crippen LogP contribution is -2.63. The van der Waals surface area contributed by atoms with Gasteiger partial charge in [-0.15, -0.1) is 0 Å². The van der Waals surface area contributed by atoms with E-state index in [9.17, 15) is 34.8 Å². The number of nitrogens with two attached hydrogens (primary N) is 1. The first-order valence-corrected chi connectivity index (χ1v) is 13.1. The van der Waals surface area contributed by atoms with Crippen molar-refractivity contribution in [2.45, 2.75) is 51.3 Å². The summed E-state index contributed by atoms with van der Waals surface area (Å²) in [4.78, 5) is 43.0. The van der Waals surface area contributed by atoms with Gasteiger partial charge in [-0.1, -0.05) is 13.8 Å². The van der Waals surface area contributed by atoms with E-state index >= 15 is 0 Å². The molecule has 0 unspecified atom stereocenters. The number of allylic oxidation sites excluding steroid dienone is 1. The minimum atomic E-state index is -2.66. The van der Waals surface area contributed by atoms with E-state index in [4.69, 9.17) is 10.5 Å². The van der Waals surface area contributed by atoms with E-state index in [1.54, 1.807) is 14.1 Å². The van der Waals surface area contributed by atoms with Crippen molar-refractivity contribution in [1.29, 1.82) is 0 Å². The van der Waals surface area contributed by atoms with E-state index in [1.807, 2.05) is 6.92 Å². The molecule has 1 aromatic carbocycles. The zero-order chi connectivity index (χ0) is 29.0. The van der Waals surface area contributed by atoms with Crippen molar-refractivity contribution in [1.82, 2.24) is 9.80 Å². The molecule has 1 aromatic rings. The highest BCUT2D eigenvalue weighted by atomic mass is 16.5. The molecule has 4 atom stereocenters. The van der Waals surface area contributed by atoms with Gasteiger partial charge in [-0.2, -0.15) is 0 Å². The van der Waals surface area contributed by atoms with Gasteiger partial charge in [0.1, 0.15) is 28.6 Å². The molecule has 39 heavy (non-hydrogen) atoms. The van der Waals surface area contributed by atoms with Gasteiger partial charge in [-0.3, -0.25) is 24.2 Å². The first-order valence-electron chi connectivity index (χ1n) is 13.1. The van der Waals surface area contributed by atoms with E-state index in [0.29, 0.717) is 23.4 Å². The van der Waals surface area contributed by atoms with Crippen LogP contribution >= 0.6 is 0 Å². The summed E-state index contributed by atoms with van der Waals surface area (Å²) in [5.41, 5.74) is 2.82. The van der Waals surface area contributed by atoms with Gasteiger partial charge >= 0.3 is 0 Å². The number of Topliss-reactive ketones (excluding diaryl/α,β-unsaturated/α-hetero) is 2. The number of carbonyl (C=O) groups excluding carboxylic acids is 3. The highest BCUT2D eigenvalue weighted by Gasteiger charge is 2.63. The number of carbonyl (C=O) groups is 3. The number of hydrogen-bond donors (Lipinski definition) is 5. The van der Waals surface area contributed by atoms with Crippen LogP contribution in [0.5, 0.6) is 11.5 Å². The van der Waals surface area contributed by atoms with Crippen LogP contribution in [0.2, 0.25) is 0 Å². The van der Waals surface area contributed by atoms with Crippen LogP contribution in [-0.4, -0.2) is 93.6 Å². The Morgan fingerprint density at radius 3 is 2.41 bits per heavy atom. The summed E-state index contributed by atoms with van der Waals surface area (Å²) in [6.07, 6.45) is 1.14. The molecule has 6 N–H and O–H groups in total. The van der Waals surface area contributed by atoms with Gasteiger partial charge < -0.3 is 30.9 Å². The Morgan fingerprint density at radius 2 is 1.87 bits per heavy atom. The first kappa shape index (κ1) is 28.6. The fraction of sp³-hybridized carbons (Fsp3) is 0.536. The predicted molar refractivity (Wildman–Crippen MR) is 141 cm³/mol. The molecule has 0 heterocycles. The van der Waals surface area contributed by atoms with Crippen LogP contribution in [-0.2, 0) is 22.6 Å². The Morgan fingerprint density at radius 1 is 1.21 bits per heavy atom. The highest BCUT2D eigenvalue weighted by molar-refractivity contribution is 6.24. The van der Waals surface area contributed by atoms with Gasteiger partial charge in [0.15, 0.2) is 11.4 Å². The third kappa shape index (κ3) is 4.19. The van der Waals surface area contributed by atoms with Crippen LogP contribution in [0.1, 0.15) is 48.2 Å². The monoisotopic (exact) mass is 543 g/mol. The number of aromatic hydroxyl groups is 1. The molecule has 212 valence electrons. The largest absolute Gasteiger partial charge is 0.510 e. The zero-order valence-electron chi connectivity index (χ0n) is 22.9. The van der Waals surface area contributed by atoms with E-state index in [2.05, 4.69) is 11.8 Å². The second-order valence-electron chi connectivity index (χ2n) is 10.8. The van der Waals surface area contributed by atoms with E-state index < -0.39 is 58.0 Å². The smallest absolute Gasteiger partial charge is 0.255 e. The number of methoxy groups -OCH3 is 1. The Bertz CT molecular complexity index is 1300. The number of nitrogens with zero attached hydrogens (tertiary/aromatic N) is 2. The number of likely N-dealkylation sites (N-methyl/N-ethyl adjacent to an activating group) is 1. The Balaban J connectivity index is 1.90. The van der Waals surface area contributed by atoms with Gasteiger partial charge in [0.05, 0.1) is 18.7 Å². The van der Waals surface area contributed by atoms with Crippen molar-refractivity contribution >= 4 is 17.5 Å². The molecule has 0 aromatic heterocycles. The molecule has 4 rings (SSSR count). The van der Waals surface area contributed by atoms with Crippen molar-refractivity contribution in [2.75, 3.05) is 34.3 Å². The van der Waals surface area contributed by atoms with E-state index in [-0.39, 0.29) is 29.7 Å². The summed E-state index contributed by atoms with van der Waals surface area (Å²) in [5, 5.41) is 45.0. The Hall–Kier alpha value is -3.41. The molecule has 0 bridgehead atoms. The minimum Gasteiger partial charge on any atom is -0.510 e. The van der Waals surface area contributed by atoms with Crippen LogP contribution in [0, 0.1) is 11.8 Å². The molecule has 0 aliphatic heterocycles. The number of ketones is 2. The van der Waals surface area contributed by atoms with Gasteiger partial charge in [0.25, 0.3) is 5.91 Å². The number of aliphatic hydroxyl groups excluding tert-OH is 2. The van der Waals surface area contributed by atoms with Crippen LogP contribution in [0.15, 0.2) is 28.7 Å². The first-order chi connectivity index (χ1) is 18.3. The number of benzene rings is 1. The van der Waals surface area contributed by atoms with Gasteiger partial charge in [-0.05, 0) is 58.4 Å². The minimum absolute atomic E-state index is 0.0246. The van der Waals surface area contributed by atoms with Crippen molar-refractivity contribution in [2.24, 2.45) is 17.6 Å². The molecule has 0 radical (unpaired) electrons. The van der Waals surface area contributed by atoms with Gasteiger partial charge in [-0.25, -0.2) is 0 Å². The number of phenolic OH excluding ortho intramolecular Hbond substituents is 1. The molecule has 0 spiro atoms. The average Bonchev–Trinajstić information content (AvgIpc) is 2.85. The summed E-state index contributed by atoms with van der Waals surface area (Å²) in [7, 11) is 4.68. The molecule has 0 saturated heterocycles. The summed E-state index contributed by atoms with van der Waals surface area (Å²) in [6.45, 7) is 6.22. The van der Waals surface area contributed by atoms with Crippen molar-refractivity contribution in [3.63, 3.8) is 0 Å². The summed E-state index contributed by atoms with van der Waals surface area (Å²) >= 11 is 0. The molecule has 0 saturated carbocycles. The fourth-order valence-corrected chi connectivity index (χ4v) is 6.64. The number of hydrogen-bond acceptors (Lipinski definition) is 10. The highest BCUT2D eigenvalue weighted by Crippen LogP contribution is 2.53. The van der Waals surface area contributed by atoms with Crippen LogP contribution < -0.4 is 10.5 Å². The van der Waals surface area contributed by atoms with Crippen LogP contribution in [0.25, 0.3) is 0 Å². The molecular weight excluding hydrogens is 506 g/mol. The average molecular weight is 544 g/mol. The third-order valence-corrected chi connectivity index (χ3v) is 8.33. The maximum atomic E-state index is 13.8. The maximum absolute atomic E-state index is 13.8. The topological polar surface area (TPSA) is 174 Å². The second kappa shape index (κ2) is 10.3. The molecule has 0 fully saturated rings. The molecule has 1 amide bonds. The normalized spacial score (nSPS) is 26.6. The van der Waals surface area contributed by atoms with Crippen LogP contribution in [0.3, 0.4) is 0 Å². The number of aliphatic hydroxyl groups is 3. The van der Waals surface area contributed by atoms with Gasteiger partial charge in [0.2, 0.25) is 5.78 Å². The zero-order valence-corrected chi connectivity index (χ0v) is 22.9. The Kier molecular flexibility index (Phi) is 7.54. The number of rotatable bonds is 8.